The van der Waals surface area contributed by atoms with E-state index in [9.17, 15) is 14.4 Å². The first-order valence-electron chi connectivity index (χ1n) is 8.44. The summed E-state index contributed by atoms with van der Waals surface area (Å²) in [7, 11) is 0. The number of esters is 3. The molecule has 0 saturated heterocycles. The molecule has 2 rings (SSSR count). The van der Waals surface area contributed by atoms with Crippen LogP contribution in [0.15, 0.2) is 12.2 Å². The van der Waals surface area contributed by atoms with Crippen molar-refractivity contribution in [1.82, 2.24) is 0 Å². The summed E-state index contributed by atoms with van der Waals surface area (Å²) in [5, 5.41) is 0. The van der Waals surface area contributed by atoms with E-state index in [0.717, 1.165) is 0 Å². The summed E-state index contributed by atoms with van der Waals surface area (Å²) in [4.78, 5) is 38.4. The fourth-order valence-electron chi connectivity index (χ4n) is 3.75. The lowest BCUT2D eigenvalue weighted by atomic mass is 9.68. The number of carbonyl (C=O) groups excluding carboxylic acids is 3. The molecule has 1 saturated carbocycles. The zero-order valence-corrected chi connectivity index (χ0v) is 15.0. The molecule has 24 heavy (non-hydrogen) atoms. The van der Waals surface area contributed by atoms with E-state index in [0.29, 0.717) is 6.42 Å². The number of carbonyl (C=O) groups is 3. The average Bonchev–Trinajstić information content (AvgIpc) is 3.04. The molecule has 1 fully saturated rings. The number of hydrogen-bond donors (Lipinski definition) is 0. The maximum atomic E-state index is 12.8. The molecule has 0 aliphatic heterocycles. The van der Waals surface area contributed by atoms with Crippen molar-refractivity contribution in [1.29, 1.82) is 0 Å². The molecule has 2 aliphatic rings. The smallest absolute Gasteiger partial charge is 0.325 e. The van der Waals surface area contributed by atoms with Crippen LogP contribution < -0.4 is 0 Å². The second kappa shape index (κ2) is 6.57. The molecule has 0 spiro atoms. The molecule has 0 aromatic carbocycles. The van der Waals surface area contributed by atoms with E-state index in [1.54, 1.807) is 34.6 Å². The highest BCUT2D eigenvalue weighted by Gasteiger charge is 2.70. The fourth-order valence-corrected chi connectivity index (χ4v) is 3.75. The monoisotopic (exact) mass is 338 g/mol. The van der Waals surface area contributed by atoms with Crippen molar-refractivity contribution in [2.24, 2.45) is 23.2 Å². The predicted molar refractivity (Wildman–Crippen MR) is 85.8 cm³/mol. The summed E-state index contributed by atoms with van der Waals surface area (Å²) in [6, 6.07) is 0. The number of ether oxygens (including phenoxy) is 3. The Labute approximate surface area is 142 Å². The SMILES string of the molecule is CCOC(=O)C1(C(=O)OCC)[C@H](C(=O)OC(C)(C)C)[C@@H]2C=C[C@H]1C2. The standard InChI is InChI=1S/C18H26O6/c1-6-22-15(20)18(16(21)23-7-2)12-9-8-11(10-12)13(18)14(19)24-17(3,4)5/h8-9,11-13H,6-7,10H2,1-5H3/t11-,12+,13+/m1/s1. The lowest BCUT2D eigenvalue weighted by molar-refractivity contribution is -0.188. The van der Waals surface area contributed by atoms with Gasteiger partial charge in [-0.15, -0.1) is 0 Å². The van der Waals surface area contributed by atoms with Gasteiger partial charge in [-0.25, -0.2) is 0 Å². The minimum atomic E-state index is -1.65. The Bertz CT molecular complexity index is 538. The van der Waals surface area contributed by atoms with E-state index < -0.39 is 40.8 Å². The molecule has 6 heteroatoms. The molecule has 0 unspecified atom stereocenters. The van der Waals surface area contributed by atoms with Crippen LogP contribution in [0.2, 0.25) is 0 Å². The minimum Gasteiger partial charge on any atom is -0.465 e. The molecular weight excluding hydrogens is 312 g/mol. The fraction of sp³-hybridized carbons (Fsp3) is 0.722. The van der Waals surface area contributed by atoms with Crippen molar-refractivity contribution in [3.05, 3.63) is 12.2 Å². The molecule has 6 nitrogen and oxygen atoms in total. The van der Waals surface area contributed by atoms with Gasteiger partial charge in [0.1, 0.15) is 5.60 Å². The third-order valence-electron chi connectivity index (χ3n) is 4.51. The molecule has 0 radical (unpaired) electrons. The summed E-state index contributed by atoms with van der Waals surface area (Å²) in [6.45, 7) is 8.86. The van der Waals surface area contributed by atoms with Crippen molar-refractivity contribution in [3.8, 4) is 0 Å². The van der Waals surface area contributed by atoms with E-state index in [2.05, 4.69) is 0 Å². The van der Waals surface area contributed by atoms with Gasteiger partial charge in [0.25, 0.3) is 0 Å². The van der Waals surface area contributed by atoms with Gasteiger partial charge in [-0.2, -0.15) is 0 Å². The molecule has 0 N–H and O–H groups in total. The first-order chi connectivity index (χ1) is 11.2. The minimum absolute atomic E-state index is 0.127. The molecule has 2 bridgehead atoms. The molecular formula is C18H26O6. The van der Waals surface area contributed by atoms with Gasteiger partial charge in [-0.3, -0.25) is 14.4 Å². The molecule has 0 heterocycles. The highest BCUT2D eigenvalue weighted by atomic mass is 16.6. The van der Waals surface area contributed by atoms with Gasteiger partial charge in [0.05, 0.1) is 19.1 Å². The van der Waals surface area contributed by atoms with Crippen LogP contribution in [0.4, 0.5) is 0 Å². The maximum absolute atomic E-state index is 12.8. The van der Waals surface area contributed by atoms with E-state index in [1.165, 1.54) is 0 Å². The van der Waals surface area contributed by atoms with Crippen molar-refractivity contribution in [3.63, 3.8) is 0 Å². The Hall–Kier alpha value is -1.85. The first kappa shape index (κ1) is 18.5. The van der Waals surface area contributed by atoms with Gasteiger partial charge < -0.3 is 14.2 Å². The zero-order valence-electron chi connectivity index (χ0n) is 15.0. The molecule has 0 aromatic rings. The van der Waals surface area contributed by atoms with Gasteiger partial charge in [0.15, 0.2) is 5.41 Å². The molecule has 3 atom stereocenters. The summed E-state index contributed by atoms with van der Waals surface area (Å²) in [6.07, 6.45) is 4.25. The summed E-state index contributed by atoms with van der Waals surface area (Å²) >= 11 is 0. The lowest BCUT2D eigenvalue weighted by Crippen LogP contribution is -2.54. The predicted octanol–water partition coefficient (Wildman–Crippen LogP) is 2.26. The molecule has 134 valence electrons. The number of allylic oxidation sites excluding steroid dienone is 2. The molecule has 0 amide bonds. The number of rotatable bonds is 5. The van der Waals surface area contributed by atoms with Crippen molar-refractivity contribution in [2.75, 3.05) is 13.2 Å². The van der Waals surface area contributed by atoms with Crippen LogP contribution >= 0.6 is 0 Å². The van der Waals surface area contributed by atoms with E-state index >= 15 is 0 Å². The van der Waals surface area contributed by atoms with Crippen LogP contribution in [-0.4, -0.2) is 36.7 Å². The van der Waals surface area contributed by atoms with Crippen LogP contribution in [-0.2, 0) is 28.6 Å². The second-order valence-electron chi connectivity index (χ2n) is 7.21. The highest BCUT2D eigenvalue weighted by Crippen LogP contribution is 2.58. The maximum Gasteiger partial charge on any atom is 0.325 e. The van der Waals surface area contributed by atoms with Gasteiger partial charge >= 0.3 is 17.9 Å². The summed E-state index contributed by atoms with van der Waals surface area (Å²) < 4.78 is 15.9. The third kappa shape index (κ3) is 2.94. The summed E-state index contributed by atoms with van der Waals surface area (Å²) in [5.74, 6) is -3.49. The van der Waals surface area contributed by atoms with Gasteiger partial charge in [-0.1, -0.05) is 12.2 Å². The van der Waals surface area contributed by atoms with Crippen molar-refractivity contribution < 1.29 is 28.6 Å². The normalized spacial score (nSPS) is 27.0. The van der Waals surface area contributed by atoms with Gasteiger partial charge in [0, 0.05) is 5.92 Å². The van der Waals surface area contributed by atoms with E-state index in [1.807, 2.05) is 12.2 Å². The van der Waals surface area contributed by atoms with E-state index in [4.69, 9.17) is 14.2 Å². The van der Waals surface area contributed by atoms with E-state index in [-0.39, 0.29) is 19.1 Å². The topological polar surface area (TPSA) is 78.9 Å². The van der Waals surface area contributed by atoms with Crippen LogP contribution in [0.5, 0.6) is 0 Å². The highest BCUT2D eigenvalue weighted by molar-refractivity contribution is 6.06. The Morgan fingerprint density at radius 3 is 2.04 bits per heavy atom. The largest absolute Gasteiger partial charge is 0.465 e. The Morgan fingerprint density at radius 1 is 1.04 bits per heavy atom. The second-order valence-corrected chi connectivity index (χ2v) is 7.21. The molecule has 2 aliphatic carbocycles. The number of hydrogen-bond acceptors (Lipinski definition) is 6. The summed E-state index contributed by atoms with van der Waals surface area (Å²) in [5.41, 5.74) is -2.36. The van der Waals surface area contributed by atoms with Crippen molar-refractivity contribution in [2.45, 2.75) is 46.6 Å². The van der Waals surface area contributed by atoms with Gasteiger partial charge in [0.2, 0.25) is 0 Å². The van der Waals surface area contributed by atoms with Crippen molar-refractivity contribution >= 4 is 17.9 Å². The van der Waals surface area contributed by atoms with Gasteiger partial charge in [-0.05, 0) is 47.0 Å². The van der Waals surface area contributed by atoms with Crippen LogP contribution in [0.1, 0.15) is 41.0 Å². The Balaban J connectivity index is 2.48. The Morgan fingerprint density at radius 2 is 1.58 bits per heavy atom. The third-order valence-corrected chi connectivity index (χ3v) is 4.51. The quantitative estimate of drug-likeness (QED) is 0.331. The van der Waals surface area contributed by atoms with Crippen LogP contribution in [0, 0.1) is 23.2 Å². The lowest BCUT2D eigenvalue weighted by Gasteiger charge is -2.37. The number of fused-ring (bicyclic) bond motifs is 2. The molecule has 0 aromatic heterocycles. The average molecular weight is 338 g/mol. The van der Waals surface area contributed by atoms with Crippen LogP contribution in [0.25, 0.3) is 0 Å². The Kier molecular flexibility index (Phi) is 5.06. The van der Waals surface area contributed by atoms with Crippen LogP contribution in [0.3, 0.4) is 0 Å². The zero-order chi connectivity index (χ0) is 18.1. The first-order valence-corrected chi connectivity index (χ1v) is 8.44.